The molecule has 2 N–H and O–H groups in total. The van der Waals surface area contributed by atoms with E-state index in [2.05, 4.69) is 15.7 Å². The van der Waals surface area contributed by atoms with Crippen molar-refractivity contribution in [2.24, 2.45) is 7.05 Å². The molecule has 4 aromatic rings. The summed E-state index contributed by atoms with van der Waals surface area (Å²) in [7, 11) is 3.37. The molecule has 184 valence electrons. The lowest BCUT2D eigenvalue weighted by atomic mass is 9.98. The zero-order chi connectivity index (χ0) is 25.4. The molecule has 4 heterocycles. The molecule has 0 bridgehead atoms. The fourth-order valence-electron chi connectivity index (χ4n) is 4.46. The second-order valence-corrected chi connectivity index (χ2v) is 8.76. The second-order valence-electron chi connectivity index (χ2n) is 8.76. The molecule has 4 amide bonds. The molecule has 1 atom stereocenters. The molecule has 0 unspecified atom stereocenters. The van der Waals surface area contributed by atoms with Gasteiger partial charge in [0.05, 0.1) is 25.0 Å². The lowest BCUT2D eigenvalue weighted by molar-refractivity contribution is -0.108. The summed E-state index contributed by atoms with van der Waals surface area (Å²) < 4.78 is 13.1. The smallest absolute Gasteiger partial charge is 0.322 e. The van der Waals surface area contributed by atoms with E-state index < -0.39 is 11.6 Å². The van der Waals surface area contributed by atoms with Gasteiger partial charge >= 0.3 is 6.03 Å². The number of urea groups is 1. The van der Waals surface area contributed by atoms with E-state index in [1.165, 1.54) is 0 Å². The zero-order valence-corrected chi connectivity index (χ0v) is 19.9. The third-order valence-corrected chi connectivity index (χ3v) is 6.28. The predicted molar refractivity (Wildman–Crippen MR) is 129 cm³/mol. The number of nitrogens with one attached hydrogen (secondary N) is 2. The van der Waals surface area contributed by atoms with Gasteiger partial charge in [-0.1, -0.05) is 6.07 Å². The first-order valence-electron chi connectivity index (χ1n) is 11.2. The van der Waals surface area contributed by atoms with E-state index >= 15 is 0 Å². The highest BCUT2D eigenvalue weighted by Crippen LogP contribution is 2.33. The number of fused-ring (bicyclic) bond motifs is 2. The fourth-order valence-corrected chi connectivity index (χ4v) is 4.46. The molecule has 0 aliphatic carbocycles. The number of nitrogens with zero attached hydrogens (tertiary/aromatic N) is 4. The summed E-state index contributed by atoms with van der Waals surface area (Å²) in [5, 5.41) is 9.06. The number of ether oxygens (including phenoxy) is 1. The largest absolute Gasteiger partial charge is 0.497 e. The number of imide groups is 1. The van der Waals surface area contributed by atoms with Gasteiger partial charge in [-0.25, -0.2) is 9.78 Å². The van der Waals surface area contributed by atoms with E-state index in [4.69, 9.17) is 14.1 Å². The Bertz CT molecular complexity index is 1490. The Morgan fingerprint density at radius 1 is 1.25 bits per heavy atom. The Morgan fingerprint density at radius 2 is 2.08 bits per heavy atom. The molecule has 5 rings (SSSR count). The van der Waals surface area contributed by atoms with Gasteiger partial charge < -0.3 is 19.4 Å². The van der Waals surface area contributed by atoms with E-state index in [-0.39, 0.29) is 12.5 Å². The summed E-state index contributed by atoms with van der Waals surface area (Å²) in [6, 6.07) is 11.8. The van der Waals surface area contributed by atoms with E-state index in [1.807, 2.05) is 25.2 Å². The van der Waals surface area contributed by atoms with Crippen molar-refractivity contribution in [2.45, 2.75) is 19.0 Å². The lowest BCUT2D eigenvalue weighted by Crippen LogP contribution is -2.53. The number of amides is 4. The average Bonchev–Trinajstić information content (AvgIpc) is 3.56. The van der Waals surface area contributed by atoms with E-state index in [1.54, 1.807) is 54.1 Å². The van der Waals surface area contributed by atoms with Crippen molar-refractivity contribution in [3.05, 3.63) is 65.5 Å². The highest BCUT2D eigenvalue weighted by molar-refractivity contribution is 5.99. The van der Waals surface area contributed by atoms with Gasteiger partial charge in [-0.05, 0) is 42.8 Å². The Morgan fingerprint density at radius 3 is 2.81 bits per heavy atom. The summed E-state index contributed by atoms with van der Waals surface area (Å²) in [6.45, 7) is 2.17. The first-order valence-corrected chi connectivity index (χ1v) is 11.2. The number of methoxy groups -OCH3 is 1. The highest BCUT2D eigenvalue weighted by atomic mass is 16.5. The number of furan rings is 1. The summed E-state index contributed by atoms with van der Waals surface area (Å²) in [4.78, 5) is 42.8. The molecule has 11 heteroatoms. The van der Waals surface area contributed by atoms with Crippen LogP contribution in [0.3, 0.4) is 0 Å². The Kier molecular flexibility index (Phi) is 5.67. The third-order valence-electron chi connectivity index (χ3n) is 6.28. The molecule has 3 aromatic heterocycles. The minimum absolute atomic E-state index is 0.0868. The molecule has 0 radical (unpaired) electrons. The maximum absolute atomic E-state index is 13.2. The van der Waals surface area contributed by atoms with Gasteiger partial charge in [0.1, 0.15) is 22.6 Å². The molecule has 36 heavy (non-hydrogen) atoms. The third kappa shape index (κ3) is 4.04. The van der Waals surface area contributed by atoms with Gasteiger partial charge in [-0.15, -0.1) is 0 Å². The van der Waals surface area contributed by atoms with Gasteiger partial charge in [0.25, 0.3) is 5.91 Å². The summed E-state index contributed by atoms with van der Waals surface area (Å²) in [6.07, 6.45) is 1.98. The number of pyridine rings is 1. The first-order chi connectivity index (χ1) is 17.3. The molecular formula is C25H24N6O5. The van der Waals surface area contributed by atoms with Crippen LogP contribution < -0.4 is 15.4 Å². The van der Waals surface area contributed by atoms with Crippen LogP contribution in [0.5, 0.6) is 5.75 Å². The highest BCUT2D eigenvalue weighted by Gasteiger charge is 2.39. The van der Waals surface area contributed by atoms with Gasteiger partial charge in [-0.3, -0.25) is 19.6 Å². The van der Waals surface area contributed by atoms with Crippen molar-refractivity contribution in [3.8, 4) is 17.1 Å². The van der Waals surface area contributed by atoms with Gasteiger partial charge in [0.2, 0.25) is 6.41 Å². The van der Waals surface area contributed by atoms with Gasteiger partial charge in [0.15, 0.2) is 5.58 Å². The van der Waals surface area contributed by atoms with E-state index in [9.17, 15) is 14.4 Å². The van der Waals surface area contributed by atoms with Gasteiger partial charge in [0, 0.05) is 31.4 Å². The maximum atomic E-state index is 13.2. The Labute approximate surface area is 206 Å². The van der Waals surface area contributed by atoms with Crippen LogP contribution in [0.4, 0.5) is 4.79 Å². The topological polar surface area (TPSA) is 132 Å². The second kappa shape index (κ2) is 8.84. The molecule has 1 aromatic carbocycles. The van der Waals surface area contributed by atoms with Crippen molar-refractivity contribution < 1.29 is 23.5 Å². The van der Waals surface area contributed by atoms with Crippen molar-refractivity contribution in [1.82, 2.24) is 30.3 Å². The van der Waals surface area contributed by atoms with Crippen LogP contribution in [0.25, 0.3) is 22.5 Å². The van der Waals surface area contributed by atoms with Crippen molar-refractivity contribution in [2.75, 3.05) is 13.7 Å². The number of hydrogen-bond acceptors (Lipinski definition) is 7. The molecule has 0 fully saturated rings. The van der Waals surface area contributed by atoms with Crippen LogP contribution in [0.15, 0.2) is 53.1 Å². The van der Waals surface area contributed by atoms with Crippen LogP contribution in [0.1, 0.15) is 28.6 Å². The summed E-state index contributed by atoms with van der Waals surface area (Å²) in [5.74, 6) is 0.776. The standard InChI is InChI=1S/C25H24N6O5/c1-25(29-24(34)26-14-32,13-31-12-15-4-5-16(35-3)10-17(15)23(31)33)22-11-19-21(36-22)7-6-18(28-19)20-8-9-27-30(20)2/h4-11,14H,12-13H2,1-3H3,(H2,26,29,32,34)/t25-/m0/s1. The number of carbonyl (C=O) groups is 3. The minimum atomic E-state index is -1.18. The molecular weight excluding hydrogens is 464 g/mol. The van der Waals surface area contributed by atoms with Crippen LogP contribution in [0.2, 0.25) is 0 Å². The van der Waals surface area contributed by atoms with Crippen LogP contribution >= 0.6 is 0 Å². The average molecular weight is 489 g/mol. The molecule has 0 saturated heterocycles. The summed E-state index contributed by atoms with van der Waals surface area (Å²) >= 11 is 0. The zero-order valence-electron chi connectivity index (χ0n) is 19.9. The molecule has 0 saturated carbocycles. The van der Waals surface area contributed by atoms with Crippen LogP contribution in [-0.4, -0.2) is 51.7 Å². The predicted octanol–water partition coefficient (Wildman–Crippen LogP) is 2.56. The molecule has 1 aliphatic heterocycles. The van der Waals surface area contributed by atoms with Crippen molar-refractivity contribution in [3.63, 3.8) is 0 Å². The number of carbonyl (C=O) groups excluding carboxylic acids is 3. The fraction of sp³-hybridized carbons (Fsp3) is 0.240. The van der Waals surface area contributed by atoms with E-state index in [0.717, 1.165) is 11.3 Å². The number of rotatable bonds is 7. The maximum Gasteiger partial charge on any atom is 0.322 e. The number of benzene rings is 1. The monoisotopic (exact) mass is 488 g/mol. The first kappa shape index (κ1) is 23.1. The van der Waals surface area contributed by atoms with Crippen molar-refractivity contribution >= 4 is 29.4 Å². The Hall–Kier alpha value is -4.67. The normalized spacial score (nSPS) is 14.4. The van der Waals surface area contributed by atoms with Crippen molar-refractivity contribution in [1.29, 1.82) is 0 Å². The van der Waals surface area contributed by atoms with Crippen LogP contribution in [0, 0.1) is 0 Å². The number of aromatic nitrogens is 3. The molecule has 11 nitrogen and oxygen atoms in total. The quantitative estimate of drug-likeness (QED) is 0.382. The molecule has 0 spiro atoms. The van der Waals surface area contributed by atoms with Crippen LogP contribution in [-0.2, 0) is 23.9 Å². The SMILES string of the molecule is COc1ccc2c(c1)C(=O)N(C[C@](C)(NC(=O)NC=O)c1cc3nc(-c4ccnn4C)ccc3o1)C2. The van der Waals surface area contributed by atoms with E-state index in [0.29, 0.717) is 46.8 Å². The Balaban J connectivity index is 1.50. The molecule has 1 aliphatic rings. The lowest BCUT2D eigenvalue weighted by Gasteiger charge is -2.32. The number of hydrogen-bond donors (Lipinski definition) is 2. The minimum Gasteiger partial charge on any atom is -0.497 e. The summed E-state index contributed by atoms with van der Waals surface area (Å²) in [5.41, 5.74) is 2.86. The number of aryl methyl sites for hydroxylation is 1. The van der Waals surface area contributed by atoms with Gasteiger partial charge in [-0.2, -0.15) is 5.10 Å².